The molecule has 0 aliphatic heterocycles. The number of carbonyl (C=O) groups excluding carboxylic acids is 3. The molecule has 382 valence electrons. The minimum absolute atomic E-state index is 0.0787. The van der Waals surface area contributed by atoms with Crippen LogP contribution >= 0.6 is 0 Å². The van der Waals surface area contributed by atoms with Crippen molar-refractivity contribution in [1.29, 1.82) is 0 Å². The van der Waals surface area contributed by atoms with Crippen LogP contribution in [-0.4, -0.2) is 37.2 Å². The van der Waals surface area contributed by atoms with Gasteiger partial charge in [-0.15, -0.1) is 0 Å². The van der Waals surface area contributed by atoms with Crippen molar-refractivity contribution in [3.05, 3.63) is 60.8 Å². The summed E-state index contributed by atoms with van der Waals surface area (Å²) in [5.41, 5.74) is 0. The second-order valence-corrected chi connectivity index (χ2v) is 18.8. The Morgan fingerprint density at radius 3 is 0.909 bits per heavy atom. The van der Waals surface area contributed by atoms with Crippen LogP contribution in [0.4, 0.5) is 0 Å². The molecule has 0 fully saturated rings. The first-order valence-electron chi connectivity index (χ1n) is 28.3. The molecule has 0 bridgehead atoms. The molecular weight excluding hydrogens is 817 g/mol. The minimum atomic E-state index is -0.776. The molecule has 0 saturated carbocycles. The fourth-order valence-corrected chi connectivity index (χ4v) is 7.96. The van der Waals surface area contributed by atoms with Gasteiger partial charge in [0.1, 0.15) is 13.2 Å². The molecule has 0 heterocycles. The molecule has 0 N–H and O–H groups in total. The first kappa shape index (κ1) is 63.1. The van der Waals surface area contributed by atoms with E-state index in [1.165, 1.54) is 141 Å². The molecule has 0 aliphatic rings. The summed E-state index contributed by atoms with van der Waals surface area (Å²) in [5, 5.41) is 0. The zero-order chi connectivity index (χ0) is 47.9. The Bertz CT molecular complexity index is 1200. The molecule has 66 heavy (non-hydrogen) atoms. The highest BCUT2D eigenvalue weighted by Crippen LogP contribution is 2.16. The fraction of sp³-hybridized carbons (Fsp3) is 0.783. The third kappa shape index (κ3) is 52.1. The molecular formula is C60H106O6. The molecule has 0 rings (SSSR count). The van der Waals surface area contributed by atoms with Crippen LogP contribution in [0, 0.1) is 0 Å². The average Bonchev–Trinajstić information content (AvgIpc) is 3.31. The predicted octanol–water partition coefficient (Wildman–Crippen LogP) is 18.8. The predicted molar refractivity (Wildman–Crippen MR) is 284 cm³/mol. The van der Waals surface area contributed by atoms with E-state index in [1.54, 1.807) is 0 Å². The summed E-state index contributed by atoms with van der Waals surface area (Å²) in [4.78, 5) is 37.8. The number of unbranched alkanes of at least 4 members (excludes halogenated alkanes) is 30. The van der Waals surface area contributed by atoms with Crippen molar-refractivity contribution >= 4 is 17.9 Å². The van der Waals surface area contributed by atoms with Gasteiger partial charge in [-0.2, -0.15) is 0 Å². The van der Waals surface area contributed by atoms with Crippen LogP contribution in [0.25, 0.3) is 0 Å². The topological polar surface area (TPSA) is 78.9 Å². The summed E-state index contributed by atoms with van der Waals surface area (Å²) in [7, 11) is 0. The maximum absolute atomic E-state index is 12.7. The monoisotopic (exact) mass is 923 g/mol. The van der Waals surface area contributed by atoms with Gasteiger partial charge >= 0.3 is 17.9 Å². The first-order chi connectivity index (χ1) is 32.5. The normalized spacial score (nSPS) is 12.5. The lowest BCUT2D eigenvalue weighted by atomic mass is 10.0. The van der Waals surface area contributed by atoms with E-state index < -0.39 is 6.10 Å². The number of esters is 3. The number of carbonyl (C=O) groups is 3. The van der Waals surface area contributed by atoms with Gasteiger partial charge in [-0.3, -0.25) is 14.4 Å². The molecule has 6 heteroatoms. The SMILES string of the molecule is CCC/C=C\C/C=C\CCCCCCCC(=O)OC(COC(=O)CCCCCCCC)COC(=O)CCCCCCCCCCCCCCCC/C=C\C/C=C\C/C=C\CCCCCCC. The highest BCUT2D eigenvalue weighted by molar-refractivity contribution is 5.71. The van der Waals surface area contributed by atoms with Gasteiger partial charge in [0.2, 0.25) is 0 Å². The molecule has 0 radical (unpaired) electrons. The van der Waals surface area contributed by atoms with Gasteiger partial charge in [0.05, 0.1) is 0 Å². The number of hydrogen-bond donors (Lipinski definition) is 0. The van der Waals surface area contributed by atoms with E-state index in [4.69, 9.17) is 14.2 Å². The van der Waals surface area contributed by atoms with E-state index in [-0.39, 0.29) is 31.1 Å². The Kier molecular flexibility index (Phi) is 52.3. The molecule has 0 aliphatic carbocycles. The van der Waals surface area contributed by atoms with Crippen molar-refractivity contribution in [3.63, 3.8) is 0 Å². The fourth-order valence-electron chi connectivity index (χ4n) is 7.96. The molecule has 0 spiro atoms. The molecule has 0 aromatic carbocycles. The van der Waals surface area contributed by atoms with Gasteiger partial charge in [0, 0.05) is 19.3 Å². The maximum atomic E-state index is 12.7. The van der Waals surface area contributed by atoms with Crippen LogP contribution < -0.4 is 0 Å². The molecule has 0 saturated heterocycles. The van der Waals surface area contributed by atoms with Crippen LogP contribution in [0.5, 0.6) is 0 Å². The number of allylic oxidation sites excluding steroid dienone is 10. The maximum Gasteiger partial charge on any atom is 0.306 e. The summed E-state index contributed by atoms with van der Waals surface area (Å²) in [6, 6.07) is 0. The molecule has 1 unspecified atom stereocenters. The molecule has 6 nitrogen and oxygen atoms in total. The number of hydrogen-bond acceptors (Lipinski definition) is 6. The summed E-state index contributed by atoms with van der Waals surface area (Å²) in [6.45, 7) is 6.50. The Hall–Kier alpha value is -2.89. The summed E-state index contributed by atoms with van der Waals surface area (Å²) in [6.07, 6.45) is 68.3. The lowest BCUT2D eigenvalue weighted by Gasteiger charge is -2.18. The Balaban J connectivity index is 4.03. The van der Waals surface area contributed by atoms with E-state index in [2.05, 4.69) is 81.5 Å². The zero-order valence-electron chi connectivity index (χ0n) is 43.7. The zero-order valence-corrected chi connectivity index (χ0v) is 43.7. The highest BCUT2D eigenvalue weighted by Gasteiger charge is 2.19. The Morgan fingerprint density at radius 1 is 0.303 bits per heavy atom. The van der Waals surface area contributed by atoms with Gasteiger partial charge in [0.15, 0.2) is 6.10 Å². The summed E-state index contributed by atoms with van der Waals surface area (Å²) in [5.74, 6) is -0.898. The van der Waals surface area contributed by atoms with Gasteiger partial charge in [0.25, 0.3) is 0 Å². The van der Waals surface area contributed by atoms with Gasteiger partial charge in [-0.05, 0) is 83.5 Å². The van der Waals surface area contributed by atoms with Crippen LogP contribution in [0.3, 0.4) is 0 Å². The van der Waals surface area contributed by atoms with E-state index in [0.29, 0.717) is 19.3 Å². The van der Waals surface area contributed by atoms with Crippen LogP contribution in [-0.2, 0) is 28.6 Å². The second kappa shape index (κ2) is 54.7. The van der Waals surface area contributed by atoms with E-state index in [0.717, 1.165) is 103 Å². The number of rotatable bonds is 51. The standard InChI is InChI=1S/C60H106O6/c1-4-7-10-13-16-18-20-22-23-24-25-26-27-28-29-30-31-32-33-34-35-36-37-39-40-42-44-47-50-53-59(62)65-56-57(55-64-58(61)52-49-46-15-12-9-6-3)66-60(63)54-51-48-45-43-41-38-21-19-17-14-11-8-5-2/h11,14,19-22,24-25,27-28,57H,4-10,12-13,15-18,23,26,29-56H2,1-3H3/b14-11-,21-19-,22-20-,25-24-,28-27-. The van der Waals surface area contributed by atoms with E-state index in [1.807, 2.05) is 0 Å². The van der Waals surface area contributed by atoms with Crippen molar-refractivity contribution in [1.82, 2.24) is 0 Å². The summed E-state index contributed by atoms with van der Waals surface area (Å²) < 4.78 is 16.7. The van der Waals surface area contributed by atoms with Crippen molar-refractivity contribution in [2.75, 3.05) is 13.2 Å². The van der Waals surface area contributed by atoms with Crippen molar-refractivity contribution in [2.45, 2.75) is 290 Å². The largest absolute Gasteiger partial charge is 0.462 e. The lowest BCUT2D eigenvalue weighted by molar-refractivity contribution is -0.167. The van der Waals surface area contributed by atoms with Gasteiger partial charge in [-0.25, -0.2) is 0 Å². The Morgan fingerprint density at radius 2 is 0.576 bits per heavy atom. The van der Waals surface area contributed by atoms with Crippen molar-refractivity contribution in [2.24, 2.45) is 0 Å². The second-order valence-electron chi connectivity index (χ2n) is 18.8. The molecule has 0 amide bonds. The third-order valence-corrected chi connectivity index (χ3v) is 12.2. The van der Waals surface area contributed by atoms with Crippen LogP contribution in [0.15, 0.2) is 60.8 Å². The van der Waals surface area contributed by atoms with Crippen molar-refractivity contribution < 1.29 is 28.6 Å². The van der Waals surface area contributed by atoms with E-state index >= 15 is 0 Å². The first-order valence-corrected chi connectivity index (χ1v) is 28.3. The van der Waals surface area contributed by atoms with Crippen molar-refractivity contribution in [3.8, 4) is 0 Å². The lowest BCUT2D eigenvalue weighted by Crippen LogP contribution is -2.30. The minimum Gasteiger partial charge on any atom is -0.462 e. The third-order valence-electron chi connectivity index (χ3n) is 12.2. The molecule has 1 atom stereocenters. The highest BCUT2D eigenvalue weighted by atomic mass is 16.6. The van der Waals surface area contributed by atoms with Crippen LogP contribution in [0.2, 0.25) is 0 Å². The van der Waals surface area contributed by atoms with Gasteiger partial charge in [-0.1, -0.05) is 242 Å². The quantitative estimate of drug-likeness (QED) is 0.0262. The van der Waals surface area contributed by atoms with Crippen LogP contribution in [0.1, 0.15) is 284 Å². The summed E-state index contributed by atoms with van der Waals surface area (Å²) >= 11 is 0. The molecule has 0 aromatic heterocycles. The Labute approximate surface area is 409 Å². The average molecular weight is 924 g/mol. The smallest absolute Gasteiger partial charge is 0.306 e. The molecule has 0 aromatic rings. The van der Waals surface area contributed by atoms with E-state index in [9.17, 15) is 14.4 Å². The number of ether oxygens (including phenoxy) is 3. The van der Waals surface area contributed by atoms with Gasteiger partial charge < -0.3 is 14.2 Å².